The first-order valence-corrected chi connectivity index (χ1v) is 27.1. The predicted molar refractivity (Wildman–Crippen MR) is 273 cm³/mol. The van der Waals surface area contributed by atoms with Crippen molar-refractivity contribution in [2.24, 2.45) is 0 Å². The van der Waals surface area contributed by atoms with Gasteiger partial charge in [0.15, 0.2) is 0 Å². The Bertz CT molecular complexity index is 1110. The molecule has 63 heavy (non-hydrogen) atoms. The van der Waals surface area contributed by atoms with Crippen LogP contribution in [-0.2, 0) is 14.3 Å². The van der Waals surface area contributed by atoms with Gasteiger partial charge in [-0.15, -0.1) is 0 Å². The van der Waals surface area contributed by atoms with Crippen molar-refractivity contribution in [3.63, 3.8) is 0 Å². The van der Waals surface area contributed by atoms with Crippen LogP contribution in [0.4, 0.5) is 0 Å². The van der Waals surface area contributed by atoms with Crippen molar-refractivity contribution >= 4 is 11.9 Å². The zero-order valence-electron chi connectivity index (χ0n) is 41.5. The highest BCUT2D eigenvalue weighted by molar-refractivity contribution is 5.76. The number of ether oxygens (including phenoxy) is 1. The molecule has 3 N–H and O–H groups in total. The van der Waals surface area contributed by atoms with Gasteiger partial charge in [-0.25, -0.2) is 0 Å². The van der Waals surface area contributed by atoms with Crippen molar-refractivity contribution in [2.45, 2.75) is 276 Å². The van der Waals surface area contributed by atoms with Gasteiger partial charge in [0.05, 0.1) is 25.4 Å². The van der Waals surface area contributed by atoms with E-state index < -0.39 is 12.1 Å². The van der Waals surface area contributed by atoms with Crippen LogP contribution in [-0.4, -0.2) is 47.4 Å². The van der Waals surface area contributed by atoms with Crippen molar-refractivity contribution in [1.82, 2.24) is 5.32 Å². The second kappa shape index (κ2) is 52.2. The minimum Gasteiger partial charge on any atom is -0.466 e. The van der Waals surface area contributed by atoms with Crippen LogP contribution >= 0.6 is 0 Å². The third kappa shape index (κ3) is 48.8. The maximum Gasteiger partial charge on any atom is 0.305 e. The van der Waals surface area contributed by atoms with E-state index in [1.165, 1.54) is 141 Å². The summed E-state index contributed by atoms with van der Waals surface area (Å²) in [5, 5.41) is 23.0. The number of unbranched alkanes of at least 4 members (excludes halogenated alkanes) is 30. The van der Waals surface area contributed by atoms with E-state index in [0.29, 0.717) is 19.4 Å². The van der Waals surface area contributed by atoms with E-state index in [1.807, 2.05) is 6.08 Å². The van der Waals surface area contributed by atoms with E-state index in [4.69, 9.17) is 4.74 Å². The number of amides is 1. The number of esters is 1. The minimum atomic E-state index is -0.856. The van der Waals surface area contributed by atoms with E-state index >= 15 is 0 Å². The molecule has 0 heterocycles. The number of hydrogen-bond donors (Lipinski definition) is 3. The fourth-order valence-corrected chi connectivity index (χ4v) is 7.81. The summed E-state index contributed by atoms with van der Waals surface area (Å²) in [5.74, 6) is -0.118. The smallest absolute Gasteiger partial charge is 0.305 e. The molecule has 0 rings (SSSR count). The third-order valence-electron chi connectivity index (χ3n) is 12.0. The molecule has 2 unspecified atom stereocenters. The second-order valence-corrected chi connectivity index (χ2v) is 18.2. The summed E-state index contributed by atoms with van der Waals surface area (Å²) in [6, 6.07) is -0.641. The van der Waals surface area contributed by atoms with Crippen molar-refractivity contribution in [2.75, 3.05) is 13.2 Å². The fourth-order valence-electron chi connectivity index (χ4n) is 7.81. The highest BCUT2D eigenvalue weighted by Crippen LogP contribution is 2.14. The van der Waals surface area contributed by atoms with Gasteiger partial charge in [-0.05, 0) is 103 Å². The molecule has 0 aromatic rings. The summed E-state index contributed by atoms with van der Waals surface area (Å²) in [6.45, 7) is 4.81. The summed E-state index contributed by atoms with van der Waals surface area (Å²) in [6.07, 6.45) is 66.5. The van der Waals surface area contributed by atoms with Crippen molar-refractivity contribution in [1.29, 1.82) is 0 Å². The van der Waals surface area contributed by atoms with Gasteiger partial charge in [0.2, 0.25) is 5.91 Å². The lowest BCUT2D eigenvalue weighted by Crippen LogP contribution is -2.45. The van der Waals surface area contributed by atoms with Crippen molar-refractivity contribution in [3.05, 3.63) is 60.8 Å². The number of hydrogen-bond acceptors (Lipinski definition) is 5. The number of nitrogens with one attached hydrogen (secondary N) is 1. The minimum absolute atomic E-state index is 0.0315. The Morgan fingerprint density at radius 1 is 0.444 bits per heavy atom. The summed E-state index contributed by atoms with van der Waals surface area (Å²) in [7, 11) is 0. The Kier molecular flexibility index (Phi) is 50.2. The quantitative estimate of drug-likeness (QED) is 0.0321. The molecular weight excluding hydrogens is 779 g/mol. The van der Waals surface area contributed by atoms with Crippen molar-refractivity contribution < 1.29 is 24.5 Å². The maximum absolute atomic E-state index is 12.4. The average Bonchev–Trinajstić information content (AvgIpc) is 3.28. The summed E-state index contributed by atoms with van der Waals surface area (Å²) >= 11 is 0. The number of aliphatic hydroxyl groups excluding tert-OH is 2. The molecule has 6 nitrogen and oxygen atoms in total. The first kappa shape index (κ1) is 60.6. The lowest BCUT2D eigenvalue weighted by molar-refractivity contribution is -0.143. The number of allylic oxidation sites excluding steroid dienone is 9. The van der Waals surface area contributed by atoms with Crippen LogP contribution in [0.25, 0.3) is 0 Å². The number of aliphatic hydroxyl groups is 2. The monoisotopic (exact) mass is 882 g/mol. The fraction of sp³-hybridized carbons (Fsp3) is 0.789. The molecule has 1 amide bonds. The molecule has 0 aromatic heterocycles. The topological polar surface area (TPSA) is 95.9 Å². The van der Waals surface area contributed by atoms with Gasteiger partial charge >= 0.3 is 5.97 Å². The molecular formula is C57H103NO5. The Morgan fingerprint density at radius 3 is 1.24 bits per heavy atom. The van der Waals surface area contributed by atoms with Gasteiger partial charge in [0, 0.05) is 12.8 Å². The number of carbonyl (C=O) groups excluding carboxylic acids is 2. The molecule has 0 spiro atoms. The molecule has 0 saturated heterocycles. The highest BCUT2D eigenvalue weighted by Gasteiger charge is 2.18. The summed E-state index contributed by atoms with van der Waals surface area (Å²) < 4.78 is 5.44. The van der Waals surface area contributed by atoms with Gasteiger partial charge in [0.25, 0.3) is 0 Å². The van der Waals surface area contributed by atoms with E-state index in [9.17, 15) is 19.8 Å². The molecule has 0 fully saturated rings. The van der Waals surface area contributed by atoms with Crippen LogP contribution in [0, 0.1) is 0 Å². The van der Waals surface area contributed by atoms with Gasteiger partial charge in [0.1, 0.15) is 0 Å². The Labute approximate surface area is 390 Å². The SMILES string of the molecule is CCCCC/C=C\C/C=C\CCCCCCCC(=O)OCCCCC/C=C\C/C=C\CCCCCCCCCC(=O)NC(CO)C(O)/C=C/CCCCCCCCCCCCCC. The third-order valence-corrected chi connectivity index (χ3v) is 12.0. The number of carbonyl (C=O) groups is 2. The highest BCUT2D eigenvalue weighted by atomic mass is 16.5. The van der Waals surface area contributed by atoms with Gasteiger partial charge in [-0.3, -0.25) is 9.59 Å². The zero-order valence-corrected chi connectivity index (χ0v) is 41.5. The summed E-state index contributed by atoms with van der Waals surface area (Å²) in [5.41, 5.74) is 0. The molecule has 6 heteroatoms. The Balaban J connectivity index is 3.55. The average molecular weight is 882 g/mol. The number of rotatable bonds is 49. The standard InChI is InChI=1S/C57H103NO5/c1-3-5-7-9-11-13-15-17-22-27-31-35-39-43-47-51-57(62)63-52-48-44-40-36-32-28-24-21-19-20-23-26-30-34-38-42-46-50-56(61)58-54(53-59)55(60)49-45-41-37-33-29-25-18-16-14-12-10-8-6-4-2/h11,13,17,19,21-22,28,32,45,49,54-55,59-60H,3-10,12,14-16,18,20,23-27,29-31,33-44,46-48,50-53H2,1-2H3,(H,58,61)/b13-11-,21-19-,22-17-,32-28-,49-45+. The second-order valence-electron chi connectivity index (χ2n) is 18.2. The largest absolute Gasteiger partial charge is 0.466 e. The van der Waals surface area contributed by atoms with E-state index in [-0.39, 0.29) is 18.5 Å². The normalized spacial score (nSPS) is 13.1. The van der Waals surface area contributed by atoms with Crippen LogP contribution in [0.1, 0.15) is 264 Å². The lowest BCUT2D eigenvalue weighted by atomic mass is 10.0. The van der Waals surface area contributed by atoms with E-state index in [0.717, 1.165) is 96.3 Å². The lowest BCUT2D eigenvalue weighted by Gasteiger charge is -2.20. The Morgan fingerprint density at radius 2 is 0.794 bits per heavy atom. The molecule has 2 atom stereocenters. The summed E-state index contributed by atoms with van der Waals surface area (Å²) in [4.78, 5) is 24.4. The van der Waals surface area contributed by atoms with Gasteiger partial charge in [-0.1, -0.05) is 209 Å². The molecule has 0 saturated carbocycles. The van der Waals surface area contributed by atoms with Crippen LogP contribution in [0.2, 0.25) is 0 Å². The maximum atomic E-state index is 12.4. The first-order chi connectivity index (χ1) is 31.0. The molecule has 0 aliphatic carbocycles. The van der Waals surface area contributed by atoms with Crippen LogP contribution < -0.4 is 5.32 Å². The molecule has 0 aromatic carbocycles. The molecule has 0 aliphatic heterocycles. The molecule has 0 aliphatic rings. The molecule has 0 radical (unpaired) electrons. The van der Waals surface area contributed by atoms with Crippen LogP contribution in [0.5, 0.6) is 0 Å². The van der Waals surface area contributed by atoms with E-state index in [2.05, 4.69) is 67.8 Å². The Hall–Kier alpha value is -2.44. The van der Waals surface area contributed by atoms with Crippen molar-refractivity contribution in [3.8, 4) is 0 Å². The zero-order chi connectivity index (χ0) is 45.8. The van der Waals surface area contributed by atoms with Gasteiger partial charge < -0.3 is 20.3 Å². The van der Waals surface area contributed by atoms with Crippen LogP contribution in [0.3, 0.4) is 0 Å². The molecule has 0 bridgehead atoms. The first-order valence-electron chi connectivity index (χ1n) is 27.1. The van der Waals surface area contributed by atoms with Gasteiger partial charge in [-0.2, -0.15) is 0 Å². The van der Waals surface area contributed by atoms with E-state index in [1.54, 1.807) is 6.08 Å². The predicted octanol–water partition coefficient (Wildman–Crippen LogP) is 16.4. The molecule has 366 valence electrons. The van der Waals surface area contributed by atoms with Crippen LogP contribution in [0.15, 0.2) is 60.8 Å².